The summed E-state index contributed by atoms with van der Waals surface area (Å²) >= 11 is 4.21. The molecule has 0 radical (unpaired) electrons. The smallest absolute Gasteiger partial charge is 0.330 e. The molecular formula is C18H27N2O7PS. The SMILES string of the molecule is C#CCOC1[C@@H](OP(=O)(S)C(C)C)[C@@H](COC(C)C)O[C@H]1n1ccc(=O)[nH]c1=O. The normalized spacial score (nSPS) is 26.6. The van der Waals surface area contributed by atoms with Crippen LogP contribution in [0.15, 0.2) is 21.9 Å². The highest BCUT2D eigenvalue weighted by atomic mass is 32.7. The van der Waals surface area contributed by atoms with Gasteiger partial charge < -0.3 is 18.7 Å². The van der Waals surface area contributed by atoms with Crippen molar-refractivity contribution in [2.75, 3.05) is 13.2 Å². The van der Waals surface area contributed by atoms with E-state index < -0.39 is 42.4 Å². The van der Waals surface area contributed by atoms with Gasteiger partial charge in [-0.3, -0.25) is 18.9 Å². The molecule has 1 saturated heterocycles. The summed E-state index contributed by atoms with van der Waals surface area (Å²) < 4.78 is 37.3. The number of thiol groups is 1. The maximum absolute atomic E-state index is 12.9. The summed E-state index contributed by atoms with van der Waals surface area (Å²) in [6, 6.07) is 1.19. The minimum absolute atomic E-state index is 0.0845. The van der Waals surface area contributed by atoms with Gasteiger partial charge in [0.25, 0.3) is 12.1 Å². The van der Waals surface area contributed by atoms with E-state index >= 15 is 0 Å². The zero-order valence-corrected chi connectivity index (χ0v) is 18.6. The van der Waals surface area contributed by atoms with Crippen molar-refractivity contribution in [3.8, 4) is 12.3 Å². The van der Waals surface area contributed by atoms with Gasteiger partial charge in [0.1, 0.15) is 24.9 Å². The Morgan fingerprint density at radius 3 is 2.59 bits per heavy atom. The second-order valence-corrected chi connectivity index (χ2v) is 11.2. The van der Waals surface area contributed by atoms with Gasteiger partial charge in [-0.15, -0.1) is 6.42 Å². The Bertz CT molecular complexity index is 891. The van der Waals surface area contributed by atoms with E-state index in [2.05, 4.69) is 23.2 Å². The highest BCUT2D eigenvalue weighted by molar-refractivity contribution is 8.46. The van der Waals surface area contributed by atoms with Crippen LogP contribution in [0.2, 0.25) is 0 Å². The van der Waals surface area contributed by atoms with Gasteiger partial charge in [-0.05, 0) is 13.8 Å². The number of terminal acetylenes is 1. The molecule has 1 aromatic heterocycles. The zero-order valence-electron chi connectivity index (χ0n) is 16.8. The standard InChI is InChI=1S/C18H27N2O7PS/c1-6-9-24-16-15(27-28(23,29)12(4)5)13(10-25-11(2)3)26-17(16)20-8-7-14(21)19-18(20)22/h1,7-8,11-13,15-17H,9-10H2,2-5H3,(H,23,29)(H,19,21,22)/t13-,15+,16?,17-,28?/m1/s1. The van der Waals surface area contributed by atoms with Crippen molar-refractivity contribution in [1.82, 2.24) is 9.55 Å². The van der Waals surface area contributed by atoms with E-state index in [9.17, 15) is 14.2 Å². The molecular weight excluding hydrogens is 419 g/mol. The van der Waals surface area contributed by atoms with Gasteiger partial charge in [-0.1, -0.05) is 32.0 Å². The molecule has 0 bridgehead atoms. The summed E-state index contributed by atoms with van der Waals surface area (Å²) in [7, 11) is 0. The maximum atomic E-state index is 12.9. The molecule has 29 heavy (non-hydrogen) atoms. The number of aromatic amines is 1. The molecule has 2 rings (SSSR count). The molecule has 0 spiro atoms. The average molecular weight is 446 g/mol. The van der Waals surface area contributed by atoms with Gasteiger partial charge in [0.2, 0.25) is 0 Å². The number of hydrogen-bond donors (Lipinski definition) is 2. The first-order valence-electron chi connectivity index (χ1n) is 9.21. The Labute approximate surface area is 174 Å². The lowest BCUT2D eigenvalue weighted by atomic mass is 10.1. The Kier molecular flexibility index (Phi) is 8.35. The van der Waals surface area contributed by atoms with Gasteiger partial charge in [0, 0.05) is 17.9 Å². The molecule has 1 aliphatic heterocycles. The van der Waals surface area contributed by atoms with E-state index in [-0.39, 0.29) is 25.0 Å². The van der Waals surface area contributed by atoms with Crippen molar-refractivity contribution in [1.29, 1.82) is 0 Å². The van der Waals surface area contributed by atoms with Crippen LogP contribution in [0.5, 0.6) is 0 Å². The fourth-order valence-electron chi connectivity index (χ4n) is 2.73. The highest BCUT2D eigenvalue weighted by Gasteiger charge is 2.50. The molecule has 2 heterocycles. The third kappa shape index (κ3) is 6.07. The van der Waals surface area contributed by atoms with E-state index in [0.717, 1.165) is 0 Å². The minimum atomic E-state index is -3.32. The monoisotopic (exact) mass is 446 g/mol. The Morgan fingerprint density at radius 2 is 2.03 bits per heavy atom. The summed E-state index contributed by atoms with van der Waals surface area (Å²) in [5, 5.41) is 0. The van der Waals surface area contributed by atoms with E-state index in [1.54, 1.807) is 13.8 Å². The van der Waals surface area contributed by atoms with Crippen LogP contribution in [0.3, 0.4) is 0 Å². The van der Waals surface area contributed by atoms with Gasteiger partial charge in [0.15, 0.2) is 6.23 Å². The Hall–Kier alpha value is -1.34. The fourth-order valence-corrected chi connectivity index (χ4v) is 3.90. The number of nitrogens with one attached hydrogen (secondary N) is 1. The Balaban J connectivity index is 2.44. The van der Waals surface area contributed by atoms with Gasteiger partial charge in [-0.2, -0.15) is 0 Å². The number of aromatic nitrogens is 2. The topological polar surface area (TPSA) is 109 Å². The van der Waals surface area contributed by atoms with E-state index in [1.807, 2.05) is 13.8 Å². The highest BCUT2D eigenvalue weighted by Crippen LogP contribution is 2.59. The van der Waals surface area contributed by atoms with Crippen LogP contribution in [0.4, 0.5) is 0 Å². The summed E-state index contributed by atoms with van der Waals surface area (Å²) in [5.41, 5.74) is -1.59. The lowest BCUT2D eigenvalue weighted by Crippen LogP contribution is -2.40. The van der Waals surface area contributed by atoms with Crippen LogP contribution >= 0.6 is 18.8 Å². The van der Waals surface area contributed by atoms with Crippen molar-refractivity contribution in [3.05, 3.63) is 33.1 Å². The van der Waals surface area contributed by atoms with Crippen molar-refractivity contribution in [2.24, 2.45) is 0 Å². The number of ether oxygens (including phenoxy) is 3. The lowest BCUT2D eigenvalue weighted by molar-refractivity contribution is -0.0815. The molecule has 11 heteroatoms. The summed E-state index contributed by atoms with van der Waals surface area (Å²) in [5.74, 6) is 2.36. The van der Waals surface area contributed by atoms with Gasteiger partial charge in [-0.25, -0.2) is 4.79 Å². The molecule has 0 aliphatic carbocycles. The van der Waals surface area contributed by atoms with Crippen LogP contribution in [-0.4, -0.2) is 52.8 Å². The second-order valence-electron chi connectivity index (χ2n) is 7.17. The largest absolute Gasteiger partial charge is 0.376 e. The molecule has 1 aliphatic rings. The van der Waals surface area contributed by atoms with Crippen molar-refractivity contribution >= 4 is 18.8 Å². The molecule has 5 atom stereocenters. The minimum Gasteiger partial charge on any atom is -0.376 e. The molecule has 1 aromatic rings. The number of rotatable bonds is 9. The van der Waals surface area contributed by atoms with Crippen LogP contribution in [-0.2, 0) is 23.3 Å². The zero-order chi connectivity index (χ0) is 21.8. The lowest BCUT2D eigenvalue weighted by Gasteiger charge is -2.28. The summed E-state index contributed by atoms with van der Waals surface area (Å²) in [4.78, 5) is 25.9. The van der Waals surface area contributed by atoms with Crippen LogP contribution < -0.4 is 11.2 Å². The molecule has 0 aromatic carbocycles. The fraction of sp³-hybridized carbons (Fsp3) is 0.667. The molecule has 2 unspecified atom stereocenters. The first kappa shape index (κ1) is 23.9. The molecule has 9 nitrogen and oxygen atoms in total. The van der Waals surface area contributed by atoms with Crippen molar-refractivity contribution in [3.63, 3.8) is 0 Å². The van der Waals surface area contributed by atoms with Crippen molar-refractivity contribution < 1.29 is 23.3 Å². The second kappa shape index (κ2) is 10.1. The number of hydrogen-bond acceptors (Lipinski definition) is 7. The molecule has 162 valence electrons. The number of H-pyrrole nitrogens is 1. The first-order chi connectivity index (χ1) is 13.6. The Morgan fingerprint density at radius 1 is 1.34 bits per heavy atom. The first-order valence-corrected chi connectivity index (χ1v) is 12.1. The predicted molar refractivity (Wildman–Crippen MR) is 111 cm³/mol. The van der Waals surface area contributed by atoms with Crippen LogP contribution in [0.1, 0.15) is 33.9 Å². The maximum Gasteiger partial charge on any atom is 0.330 e. The molecule has 0 saturated carbocycles. The van der Waals surface area contributed by atoms with Gasteiger partial charge >= 0.3 is 5.69 Å². The van der Waals surface area contributed by atoms with Crippen LogP contribution in [0.25, 0.3) is 0 Å². The van der Waals surface area contributed by atoms with E-state index in [0.29, 0.717) is 0 Å². The van der Waals surface area contributed by atoms with Crippen LogP contribution in [0, 0.1) is 12.3 Å². The third-order valence-corrected chi connectivity index (χ3v) is 7.81. The number of nitrogens with zero attached hydrogens (tertiary/aromatic N) is 1. The quantitative estimate of drug-likeness (QED) is 0.338. The predicted octanol–water partition coefficient (Wildman–Crippen LogP) is 1.79. The molecule has 1 fully saturated rings. The third-order valence-electron chi connectivity index (χ3n) is 4.29. The van der Waals surface area contributed by atoms with Gasteiger partial charge in [0.05, 0.1) is 12.7 Å². The van der Waals surface area contributed by atoms with Crippen molar-refractivity contribution in [2.45, 2.75) is 64.0 Å². The molecule has 1 N–H and O–H groups in total. The summed E-state index contributed by atoms with van der Waals surface area (Å²) in [6.45, 7) is 3.87. The van der Waals surface area contributed by atoms with E-state index in [1.165, 1.54) is 16.8 Å². The molecule has 0 amide bonds. The van der Waals surface area contributed by atoms with E-state index in [4.69, 9.17) is 25.2 Å². The summed E-state index contributed by atoms with van der Waals surface area (Å²) in [6.07, 6.45) is 3.11. The average Bonchev–Trinajstić information content (AvgIpc) is 2.94.